The fraction of sp³-hybridized carbons (Fsp3) is 0.458. The molecule has 0 bridgehead atoms. The van der Waals surface area contributed by atoms with E-state index in [1.165, 1.54) is 18.5 Å². The molecule has 1 aliphatic carbocycles. The van der Waals surface area contributed by atoms with Crippen LogP contribution in [-0.2, 0) is 9.59 Å². The molecule has 30 heavy (non-hydrogen) atoms. The number of amides is 1. The third-order valence-corrected chi connectivity index (χ3v) is 6.36. The van der Waals surface area contributed by atoms with Gasteiger partial charge in [-0.1, -0.05) is 44.9 Å². The van der Waals surface area contributed by atoms with Crippen molar-refractivity contribution in [3.63, 3.8) is 0 Å². The molecule has 2 aromatic rings. The molecule has 0 radical (unpaired) electrons. The normalized spacial score (nSPS) is 14.2. The van der Waals surface area contributed by atoms with Gasteiger partial charge in [-0.2, -0.15) is 0 Å². The van der Waals surface area contributed by atoms with Crippen molar-refractivity contribution in [3.05, 3.63) is 45.9 Å². The molecular formula is C24H30N2O3S. The molecule has 3 rings (SSSR count). The number of rotatable bonds is 11. The third kappa shape index (κ3) is 5.79. The van der Waals surface area contributed by atoms with Crippen LogP contribution >= 0.6 is 11.3 Å². The number of benzene rings is 1. The number of aliphatic carboxylic acids is 1. The van der Waals surface area contributed by atoms with E-state index in [1.54, 1.807) is 11.3 Å². The Labute approximate surface area is 182 Å². The Balaban J connectivity index is 1.65. The first-order chi connectivity index (χ1) is 14.5. The highest BCUT2D eigenvalue weighted by molar-refractivity contribution is 7.10. The standard InChI is InChI=1S/C24H30N2O3S/c1-3-12-24(13-4-2,23(28)29)15-21(27)25-19-7-5-6-17(14-19)8-11-22-26-20(16-30-22)18-9-10-18/h5-8,11,14,16,18H,3-4,9-10,12-13,15H2,1-2H3,(H,25,27)(H,28,29)/b11-8+. The second kappa shape index (κ2) is 10.0. The lowest BCUT2D eigenvalue weighted by Crippen LogP contribution is -2.35. The second-order valence-corrected chi connectivity index (χ2v) is 9.04. The molecule has 1 saturated carbocycles. The van der Waals surface area contributed by atoms with Crippen molar-refractivity contribution in [3.8, 4) is 0 Å². The van der Waals surface area contributed by atoms with Crippen LogP contribution in [0.5, 0.6) is 0 Å². The molecule has 1 heterocycles. The minimum absolute atomic E-state index is 0.00681. The predicted octanol–water partition coefficient (Wildman–Crippen LogP) is 6.19. The van der Waals surface area contributed by atoms with Gasteiger partial charge in [0.15, 0.2) is 0 Å². The summed E-state index contributed by atoms with van der Waals surface area (Å²) in [4.78, 5) is 29.2. The van der Waals surface area contributed by atoms with E-state index < -0.39 is 11.4 Å². The Morgan fingerprint density at radius 1 is 1.23 bits per heavy atom. The van der Waals surface area contributed by atoms with Crippen molar-refractivity contribution >= 4 is 41.1 Å². The van der Waals surface area contributed by atoms with Crippen LogP contribution in [0.4, 0.5) is 5.69 Å². The van der Waals surface area contributed by atoms with Gasteiger partial charge < -0.3 is 10.4 Å². The monoisotopic (exact) mass is 426 g/mol. The molecule has 0 spiro atoms. The highest BCUT2D eigenvalue weighted by atomic mass is 32.1. The Bertz CT molecular complexity index is 909. The molecule has 2 N–H and O–H groups in total. The van der Waals surface area contributed by atoms with Gasteiger partial charge in [0.1, 0.15) is 5.01 Å². The minimum atomic E-state index is -0.991. The van der Waals surface area contributed by atoms with E-state index >= 15 is 0 Å². The molecular weight excluding hydrogens is 396 g/mol. The van der Waals surface area contributed by atoms with Crippen LogP contribution in [0.3, 0.4) is 0 Å². The predicted molar refractivity (Wildman–Crippen MR) is 123 cm³/mol. The summed E-state index contributed by atoms with van der Waals surface area (Å²) >= 11 is 1.65. The maximum atomic E-state index is 12.6. The molecule has 5 nitrogen and oxygen atoms in total. The Morgan fingerprint density at radius 3 is 2.60 bits per heavy atom. The summed E-state index contributed by atoms with van der Waals surface area (Å²) in [7, 11) is 0. The number of nitrogens with zero attached hydrogens (tertiary/aromatic N) is 1. The first kappa shape index (κ1) is 22.2. The van der Waals surface area contributed by atoms with Gasteiger partial charge in [0.2, 0.25) is 5.91 Å². The van der Waals surface area contributed by atoms with E-state index in [-0.39, 0.29) is 12.3 Å². The van der Waals surface area contributed by atoms with Gasteiger partial charge >= 0.3 is 5.97 Å². The molecule has 1 aromatic carbocycles. The fourth-order valence-electron chi connectivity index (χ4n) is 3.89. The van der Waals surface area contributed by atoms with E-state index in [4.69, 9.17) is 0 Å². The summed E-state index contributed by atoms with van der Waals surface area (Å²) in [5, 5.41) is 15.8. The minimum Gasteiger partial charge on any atom is -0.481 e. The van der Waals surface area contributed by atoms with Crippen LogP contribution in [0, 0.1) is 5.41 Å². The van der Waals surface area contributed by atoms with E-state index in [0.29, 0.717) is 24.4 Å². The molecule has 0 saturated heterocycles. The van der Waals surface area contributed by atoms with Gasteiger partial charge in [-0.3, -0.25) is 9.59 Å². The summed E-state index contributed by atoms with van der Waals surface area (Å²) in [6.07, 6.45) is 8.94. The van der Waals surface area contributed by atoms with Crippen LogP contribution in [0.25, 0.3) is 12.2 Å². The maximum Gasteiger partial charge on any atom is 0.310 e. The van der Waals surface area contributed by atoms with Gasteiger partial charge in [0, 0.05) is 23.4 Å². The lowest BCUT2D eigenvalue weighted by atomic mass is 9.76. The third-order valence-electron chi connectivity index (χ3n) is 5.53. The summed E-state index contributed by atoms with van der Waals surface area (Å²) in [6.45, 7) is 3.91. The second-order valence-electron chi connectivity index (χ2n) is 8.15. The maximum absolute atomic E-state index is 12.6. The highest BCUT2D eigenvalue weighted by Crippen LogP contribution is 2.40. The number of hydrogen-bond donors (Lipinski definition) is 2. The molecule has 1 amide bonds. The van der Waals surface area contributed by atoms with E-state index in [2.05, 4.69) is 15.7 Å². The van der Waals surface area contributed by atoms with Crippen LogP contribution in [0.2, 0.25) is 0 Å². The van der Waals surface area contributed by atoms with E-state index in [1.807, 2.05) is 50.3 Å². The van der Waals surface area contributed by atoms with Gasteiger partial charge in [0.05, 0.1) is 11.1 Å². The molecule has 1 fully saturated rings. The lowest BCUT2D eigenvalue weighted by molar-refractivity contribution is -0.152. The number of aromatic nitrogens is 1. The lowest BCUT2D eigenvalue weighted by Gasteiger charge is -2.28. The number of anilines is 1. The number of carbonyl (C=O) groups excluding carboxylic acids is 1. The van der Waals surface area contributed by atoms with Crippen LogP contribution in [-0.4, -0.2) is 22.0 Å². The summed E-state index contributed by atoms with van der Waals surface area (Å²) in [5.41, 5.74) is 1.84. The van der Waals surface area contributed by atoms with Crippen molar-refractivity contribution in [1.29, 1.82) is 0 Å². The SMILES string of the molecule is CCCC(CCC)(CC(=O)Nc1cccc(/C=C/c2nc(C3CC3)cs2)c1)C(=O)O. The summed E-state index contributed by atoms with van der Waals surface area (Å²) < 4.78 is 0. The first-order valence-electron chi connectivity index (χ1n) is 10.7. The van der Waals surface area contributed by atoms with E-state index in [0.717, 1.165) is 23.4 Å². The Hall–Kier alpha value is -2.47. The van der Waals surface area contributed by atoms with E-state index in [9.17, 15) is 14.7 Å². The van der Waals surface area contributed by atoms with Crippen LogP contribution in [0.15, 0.2) is 29.6 Å². The van der Waals surface area contributed by atoms with Gasteiger partial charge in [-0.25, -0.2) is 4.98 Å². The molecule has 0 unspecified atom stereocenters. The number of carbonyl (C=O) groups is 2. The van der Waals surface area contributed by atoms with Gasteiger partial charge in [-0.05, 0) is 49.5 Å². The molecule has 6 heteroatoms. The largest absolute Gasteiger partial charge is 0.481 e. The summed E-state index contributed by atoms with van der Waals surface area (Å²) in [6, 6.07) is 7.57. The number of carboxylic acid groups (broad SMARTS) is 1. The molecule has 0 atom stereocenters. The zero-order chi connectivity index (χ0) is 21.6. The highest BCUT2D eigenvalue weighted by Gasteiger charge is 2.38. The Morgan fingerprint density at radius 2 is 1.97 bits per heavy atom. The van der Waals surface area contributed by atoms with Crippen molar-refractivity contribution in [2.75, 3.05) is 5.32 Å². The number of hydrogen-bond acceptors (Lipinski definition) is 4. The average molecular weight is 427 g/mol. The van der Waals surface area contributed by atoms with Crippen LogP contribution < -0.4 is 5.32 Å². The average Bonchev–Trinajstić information content (AvgIpc) is 3.45. The number of thiazole rings is 1. The molecule has 0 aliphatic heterocycles. The zero-order valence-corrected chi connectivity index (χ0v) is 18.5. The fourth-order valence-corrected chi connectivity index (χ4v) is 4.68. The van der Waals surface area contributed by atoms with Gasteiger partial charge in [0.25, 0.3) is 0 Å². The van der Waals surface area contributed by atoms with Gasteiger partial charge in [-0.15, -0.1) is 11.3 Å². The topological polar surface area (TPSA) is 79.3 Å². The van der Waals surface area contributed by atoms with Crippen molar-refractivity contribution in [2.45, 2.75) is 64.7 Å². The smallest absolute Gasteiger partial charge is 0.310 e. The first-order valence-corrected chi connectivity index (χ1v) is 11.6. The quantitative estimate of drug-likeness (QED) is 0.449. The van der Waals surface area contributed by atoms with Crippen molar-refractivity contribution in [1.82, 2.24) is 4.98 Å². The van der Waals surface area contributed by atoms with Crippen molar-refractivity contribution in [2.24, 2.45) is 5.41 Å². The Kier molecular flexibility index (Phi) is 7.43. The number of nitrogens with one attached hydrogen (secondary N) is 1. The number of carboxylic acids is 1. The summed E-state index contributed by atoms with van der Waals surface area (Å²) in [5.74, 6) is -0.484. The molecule has 1 aliphatic rings. The zero-order valence-electron chi connectivity index (χ0n) is 17.7. The molecule has 1 aromatic heterocycles. The van der Waals surface area contributed by atoms with Crippen molar-refractivity contribution < 1.29 is 14.7 Å². The van der Waals surface area contributed by atoms with Crippen LogP contribution in [0.1, 0.15) is 81.0 Å². The molecule has 160 valence electrons.